The average Bonchev–Trinajstić information content (AvgIpc) is 3.07. The number of esters is 1. The van der Waals surface area contributed by atoms with Crippen LogP contribution in [0.1, 0.15) is 34.3 Å². The third-order valence-electron chi connectivity index (χ3n) is 7.60. The lowest BCUT2D eigenvalue weighted by atomic mass is 9.93. The van der Waals surface area contributed by atoms with Crippen molar-refractivity contribution < 1.29 is 32.6 Å². The number of methoxy groups -OCH3 is 1. The number of piperidine rings is 1. The molecule has 3 aromatic carbocycles. The SMILES string of the molecule is COC(=O)N(Cc1ccccc1)C1CCCN(c2ccc(OC(=O)c3ccncc3)c(F)c2F)C1COCc1ccccc1. The van der Waals surface area contributed by atoms with Gasteiger partial charge in [0.2, 0.25) is 5.82 Å². The van der Waals surface area contributed by atoms with E-state index in [2.05, 4.69) is 4.98 Å². The molecule has 2 atom stereocenters. The van der Waals surface area contributed by atoms with Crippen molar-refractivity contribution >= 4 is 17.7 Å². The predicted octanol–water partition coefficient (Wildman–Crippen LogP) is 6.40. The molecule has 2 heterocycles. The molecule has 1 aliphatic rings. The molecule has 4 aromatic rings. The second-order valence-electron chi connectivity index (χ2n) is 10.4. The quantitative estimate of drug-likeness (QED) is 0.154. The number of nitrogens with zero attached hydrogens (tertiary/aromatic N) is 3. The molecule has 0 saturated carbocycles. The number of rotatable bonds is 10. The Morgan fingerprint density at radius 3 is 2.27 bits per heavy atom. The standard InChI is InChI=1S/C34H33F2N3O5/c1-42-34(41)39(21-24-9-4-2-5-10-24)27-13-8-20-38(29(27)23-43-22-25-11-6-3-7-12-25)28-14-15-30(32(36)31(28)35)44-33(40)26-16-18-37-19-17-26/h2-7,9-12,14-19,27,29H,8,13,20-23H2,1H3. The summed E-state index contributed by atoms with van der Waals surface area (Å²) >= 11 is 0. The molecule has 10 heteroatoms. The Kier molecular flexibility index (Phi) is 10.1. The third kappa shape index (κ3) is 7.20. The first-order valence-corrected chi connectivity index (χ1v) is 14.3. The summed E-state index contributed by atoms with van der Waals surface area (Å²) in [7, 11) is 1.32. The first kappa shape index (κ1) is 30.6. The zero-order valence-corrected chi connectivity index (χ0v) is 24.3. The highest BCUT2D eigenvalue weighted by Gasteiger charge is 2.39. The zero-order valence-electron chi connectivity index (χ0n) is 24.3. The van der Waals surface area contributed by atoms with Crippen LogP contribution in [0, 0.1) is 11.6 Å². The number of amides is 1. The van der Waals surface area contributed by atoms with E-state index in [1.54, 1.807) is 9.80 Å². The van der Waals surface area contributed by atoms with Crippen molar-refractivity contribution in [2.45, 2.75) is 38.1 Å². The van der Waals surface area contributed by atoms with E-state index < -0.39 is 41.5 Å². The van der Waals surface area contributed by atoms with Gasteiger partial charge in [-0.3, -0.25) is 9.88 Å². The highest BCUT2D eigenvalue weighted by atomic mass is 19.2. The Morgan fingerprint density at radius 2 is 1.59 bits per heavy atom. The molecule has 1 aliphatic heterocycles. The molecule has 0 N–H and O–H groups in total. The summed E-state index contributed by atoms with van der Waals surface area (Å²) in [5.74, 6) is -3.81. The van der Waals surface area contributed by atoms with Crippen LogP contribution in [0.15, 0.2) is 97.3 Å². The number of hydrogen-bond acceptors (Lipinski definition) is 7. The second-order valence-corrected chi connectivity index (χ2v) is 10.4. The number of carbonyl (C=O) groups excluding carboxylic acids is 2. The summed E-state index contributed by atoms with van der Waals surface area (Å²) in [5, 5.41) is 0. The van der Waals surface area contributed by atoms with Crippen molar-refractivity contribution in [2.24, 2.45) is 0 Å². The van der Waals surface area contributed by atoms with Crippen LogP contribution in [0.25, 0.3) is 0 Å². The van der Waals surface area contributed by atoms with E-state index in [9.17, 15) is 9.59 Å². The average molecular weight is 602 g/mol. The van der Waals surface area contributed by atoms with Crippen molar-refractivity contribution in [2.75, 3.05) is 25.2 Å². The van der Waals surface area contributed by atoms with Crippen LogP contribution < -0.4 is 9.64 Å². The van der Waals surface area contributed by atoms with E-state index in [-0.39, 0.29) is 24.4 Å². The first-order chi connectivity index (χ1) is 21.5. The third-order valence-corrected chi connectivity index (χ3v) is 7.60. The maximum Gasteiger partial charge on any atom is 0.410 e. The van der Waals surface area contributed by atoms with Crippen LogP contribution in [-0.2, 0) is 22.6 Å². The number of benzene rings is 3. The number of halogens is 2. The van der Waals surface area contributed by atoms with E-state index in [4.69, 9.17) is 14.2 Å². The number of anilines is 1. The van der Waals surface area contributed by atoms with E-state index in [0.717, 1.165) is 11.1 Å². The highest BCUT2D eigenvalue weighted by molar-refractivity contribution is 5.90. The fourth-order valence-electron chi connectivity index (χ4n) is 5.46. The molecule has 1 aromatic heterocycles. The van der Waals surface area contributed by atoms with Gasteiger partial charge in [-0.25, -0.2) is 14.0 Å². The zero-order chi connectivity index (χ0) is 30.9. The smallest absolute Gasteiger partial charge is 0.410 e. The van der Waals surface area contributed by atoms with E-state index in [1.807, 2.05) is 60.7 Å². The fourth-order valence-corrected chi connectivity index (χ4v) is 5.46. The lowest BCUT2D eigenvalue weighted by Crippen LogP contribution is -2.59. The van der Waals surface area contributed by atoms with Gasteiger partial charge in [0, 0.05) is 25.5 Å². The van der Waals surface area contributed by atoms with Gasteiger partial charge in [-0.15, -0.1) is 0 Å². The number of hydrogen-bond donors (Lipinski definition) is 0. The van der Waals surface area contributed by atoms with E-state index in [1.165, 1.54) is 43.8 Å². The van der Waals surface area contributed by atoms with Crippen LogP contribution in [0.4, 0.5) is 19.3 Å². The minimum absolute atomic E-state index is 0.0197. The van der Waals surface area contributed by atoms with Gasteiger partial charge in [-0.1, -0.05) is 60.7 Å². The van der Waals surface area contributed by atoms with Crippen LogP contribution >= 0.6 is 0 Å². The van der Waals surface area contributed by atoms with Gasteiger partial charge in [0.05, 0.1) is 43.7 Å². The fraction of sp³-hybridized carbons (Fsp3) is 0.265. The van der Waals surface area contributed by atoms with Gasteiger partial charge in [0.15, 0.2) is 11.6 Å². The molecule has 1 amide bonds. The van der Waals surface area contributed by atoms with Gasteiger partial charge in [0.25, 0.3) is 0 Å². The minimum Gasteiger partial charge on any atom is -0.453 e. The van der Waals surface area contributed by atoms with Gasteiger partial charge >= 0.3 is 12.1 Å². The number of carbonyl (C=O) groups is 2. The van der Waals surface area contributed by atoms with Crippen LogP contribution in [0.3, 0.4) is 0 Å². The largest absolute Gasteiger partial charge is 0.453 e. The van der Waals surface area contributed by atoms with E-state index in [0.29, 0.717) is 26.0 Å². The molecular weight excluding hydrogens is 568 g/mol. The van der Waals surface area contributed by atoms with Crippen LogP contribution in [-0.4, -0.2) is 54.3 Å². The number of pyridine rings is 1. The number of ether oxygens (including phenoxy) is 3. The molecule has 1 saturated heterocycles. The summed E-state index contributed by atoms with van der Waals surface area (Å²) in [5.41, 5.74) is 1.99. The predicted molar refractivity (Wildman–Crippen MR) is 160 cm³/mol. The van der Waals surface area contributed by atoms with Gasteiger partial charge < -0.3 is 19.1 Å². The molecule has 8 nitrogen and oxygen atoms in total. The maximum atomic E-state index is 15.8. The van der Waals surface area contributed by atoms with Gasteiger partial charge in [0.1, 0.15) is 0 Å². The maximum absolute atomic E-state index is 15.8. The Balaban J connectivity index is 1.45. The summed E-state index contributed by atoms with van der Waals surface area (Å²) < 4.78 is 47.7. The second kappa shape index (κ2) is 14.6. The Bertz CT molecular complexity index is 1540. The van der Waals surface area contributed by atoms with Crippen molar-refractivity contribution in [1.29, 1.82) is 0 Å². The minimum atomic E-state index is -1.29. The lowest BCUT2D eigenvalue weighted by molar-refractivity contribution is 0.0466. The van der Waals surface area contributed by atoms with E-state index >= 15 is 8.78 Å². The van der Waals surface area contributed by atoms with Gasteiger partial charge in [-0.2, -0.15) is 4.39 Å². The molecule has 5 rings (SSSR count). The molecule has 0 spiro atoms. The van der Waals surface area contributed by atoms with Crippen LogP contribution in [0.5, 0.6) is 5.75 Å². The molecule has 44 heavy (non-hydrogen) atoms. The molecule has 2 unspecified atom stereocenters. The topological polar surface area (TPSA) is 81.2 Å². The molecule has 1 fully saturated rings. The highest BCUT2D eigenvalue weighted by Crippen LogP contribution is 2.35. The molecule has 228 valence electrons. The Hall–Kier alpha value is -4.83. The Morgan fingerprint density at radius 1 is 0.909 bits per heavy atom. The molecule has 0 radical (unpaired) electrons. The van der Waals surface area contributed by atoms with Gasteiger partial charge in [-0.05, 0) is 48.2 Å². The summed E-state index contributed by atoms with van der Waals surface area (Å²) in [6.45, 7) is 1.09. The summed E-state index contributed by atoms with van der Waals surface area (Å²) in [6.07, 6.45) is 3.47. The normalized spacial score (nSPS) is 16.3. The monoisotopic (exact) mass is 601 g/mol. The lowest BCUT2D eigenvalue weighted by Gasteiger charge is -2.46. The van der Waals surface area contributed by atoms with Crippen molar-refractivity contribution in [1.82, 2.24) is 9.88 Å². The molecular formula is C34H33F2N3O5. The summed E-state index contributed by atoms with van der Waals surface area (Å²) in [4.78, 5) is 32.8. The van der Waals surface area contributed by atoms with Crippen LogP contribution in [0.2, 0.25) is 0 Å². The van der Waals surface area contributed by atoms with Crippen molar-refractivity contribution in [3.8, 4) is 5.75 Å². The molecule has 0 bridgehead atoms. The first-order valence-electron chi connectivity index (χ1n) is 14.3. The number of aromatic nitrogens is 1. The Labute approximate surface area is 254 Å². The van der Waals surface area contributed by atoms with Crippen molar-refractivity contribution in [3.63, 3.8) is 0 Å². The van der Waals surface area contributed by atoms with Crippen molar-refractivity contribution in [3.05, 3.63) is 126 Å². The summed E-state index contributed by atoms with van der Waals surface area (Å²) in [6, 6.07) is 23.6. The molecule has 0 aliphatic carbocycles.